The van der Waals surface area contributed by atoms with E-state index in [0.717, 1.165) is 27.9 Å². The topological polar surface area (TPSA) is 66.9 Å². The Morgan fingerprint density at radius 2 is 1.57 bits per heavy atom. The van der Waals surface area contributed by atoms with Crippen LogP contribution >= 0.6 is 0 Å². The van der Waals surface area contributed by atoms with Gasteiger partial charge in [-0.15, -0.1) is 0 Å². The number of aromatic nitrogens is 3. The SMILES string of the molecule is CC(C)(C#N)n1ncc2c(N=C(c3ccccc3)c3ccccc3)ccnc21. The fourth-order valence-electron chi connectivity index (χ4n) is 3.08. The number of pyridine rings is 1. The first-order valence-corrected chi connectivity index (χ1v) is 9.04. The van der Waals surface area contributed by atoms with Crippen LogP contribution in [0.5, 0.6) is 0 Å². The molecule has 0 saturated heterocycles. The third kappa shape index (κ3) is 3.17. The van der Waals surface area contributed by atoms with Crippen LogP contribution in [0.2, 0.25) is 0 Å². The average molecular weight is 365 g/mol. The molecule has 0 N–H and O–H groups in total. The molecule has 0 fully saturated rings. The highest BCUT2D eigenvalue weighted by Gasteiger charge is 2.24. The Morgan fingerprint density at radius 3 is 2.14 bits per heavy atom. The number of fused-ring (bicyclic) bond motifs is 1. The Hall–Kier alpha value is -3.78. The number of benzene rings is 2. The van der Waals surface area contributed by atoms with E-state index in [1.165, 1.54) is 0 Å². The molecule has 28 heavy (non-hydrogen) atoms. The molecule has 2 aromatic carbocycles. The summed E-state index contributed by atoms with van der Waals surface area (Å²) in [6.45, 7) is 3.63. The van der Waals surface area contributed by atoms with Crippen molar-refractivity contribution in [1.82, 2.24) is 14.8 Å². The van der Waals surface area contributed by atoms with Crippen LogP contribution in [-0.2, 0) is 5.54 Å². The number of hydrogen-bond donors (Lipinski definition) is 0. The molecule has 0 saturated carbocycles. The lowest BCUT2D eigenvalue weighted by Crippen LogP contribution is -2.25. The molecule has 5 nitrogen and oxygen atoms in total. The molecule has 2 heterocycles. The van der Waals surface area contributed by atoms with Crippen molar-refractivity contribution in [2.75, 3.05) is 0 Å². The summed E-state index contributed by atoms with van der Waals surface area (Å²) in [4.78, 5) is 9.44. The zero-order valence-electron chi connectivity index (χ0n) is 15.7. The van der Waals surface area contributed by atoms with Gasteiger partial charge in [-0.3, -0.25) is 0 Å². The second kappa shape index (κ2) is 7.09. The van der Waals surface area contributed by atoms with Crippen LogP contribution in [0.25, 0.3) is 11.0 Å². The van der Waals surface area contributed by atoms with Gasteiger partial charge in [-0.05, 0) is 19.9 Å². The van der Waals surface area contributed by atoms with Crippen LogP contribution in [0.4, 0.5) is 5.69 Å². The largest absolute Gasteiger partial charge is 0.247 e. The van der Waals surface area contributed by atoms with Gasteiger partial charge in [0, 0.05) is 17.3 Å². The maximum atomic E-state index is 9.47. The summed E-state index contributed by atoms with van der Waals surface area (Å²) in [5, 5.41) is 14.7. The molecule has 0 aliphatic carbocycles. The molecular weight excluding hydrogens is 346 g/mol. The molecule has 4 aromatic rings. The van der Waals surface area contributed by atoms with Crippen molar-refractivity contribution in [3.05, 3.63) is 90.3 Å². The molecule has 4 rings (SSSR count). The van der Waals surface area contributed by atoms with E-state index in [1.54, 1.807) is 17.1 Å². The Bertz CT molecular complexity index is 1140. The van der Waals surface area contributed by atoms with Gasteiger partial charge in [0.05, 0.1) is 29.1 Å². The highest BCUT2D eigenvalue weighted by molar-refractivity contribution is 6.14. The minimum absolute atomic E-state index is 0.647. The summed E-state index contributed by atoms with van der Waals surface area (Å²) in [5.41, 5.74) is 3.56. The first-order valence-electron chi connectivity index (χ1n) is 9.04. The minimum Gasteiger partial charge on any atom is -0.247 e. The summed E-state index contributed by atoms with van der Waals surface area (Å²) < 4.78 is 1.64. The first-order chi connectivity index (χ1) is 13.6. The lowest BCUT2D eigenvalue weighted by atomic mass is 10.0. The lowest BCUT2D eigenvalue weighted by molar-refractivity contribution is 0.430. The number of nitriles is 1. The quantitative estimate of drug-likeness (QED) is 0.485. The third-order valence-electron chi connectivity index (χ3n) is 4.58. The molecule has 0 radical (unpaired) electrons. The molecule has 136 valence electrons. The van der Waals surface area contributed by atoms with Crippen molar-refractivity contribution in [2.45, 2.75) is 19.4 Å². The van der Waals surface area contributed by atoms with Crippen molar-refractivity contribution in [1.29, 1.82) is 5.26 Å². The van der Waals surface area contributed by atoms with Gasteiger partial charge in [-0.25, -0.2) is 14.7 Å². The Morgan fingerprint density at radius 1 is 0.964 bits per heavy atom. The molecule has 0 amide bonds. The van der Waals surface area contributed by atoms with Crippen LogP contribution in [0.15, 0.2) is 84.1 Å². The predicted octanol–water partition coefficient (Wildman–Crippen LogP) is 4.86. The Labute approximate surface area is 163 Å². The summed E-state index contributed by atoms with van der Waals surface area (Å²) in [7, 11) is 0. The molecule has 0 spiro atoms. The van der Waals surface area contributed by atoms with Gasteiger partial charge in [0.15, 0.2) is 5.65 Å². The highest BCUT2D eigenvalue weighted by atomic mass is 15.3. The van der Waals surface area contributed by atoms with Crippen LogP contribution in [0.3, 0.4) is 0 Å². The average Bonchev–Trinajstić information content (AvgIpc) is 3.19. The number of nitrogens with zero attached hydrogens (tertiary/aromatic N) is 5. The van der Waals surface area contributed by atoms with Crippen molar-refractivity contribution in [3.63, 3.8) is 0 Å². The minimum atomic E-state index is -0.793. The molecule has 0 aliphatic rings. The Balaban J connectivity index is 1.93. The van der Waals surface area contributed by atoms with Gasteiger partial charge in [0.1, 0.15) is 5.54 Å². The van der Waals surface area contributed by atoms with E-state index in [4.69, 9.17) is 4.99 Å². The van der Waals surface area contributed by atoms with Crippen molar-refractivity contribution < 1.29 is 0 Å². The van der Waals surface area contributed by atoms with Gasteiger partial charge in [0.2, 0.25) is 0 Å². The van der Waals surface area contributed by atoms with Gasteiger partial charge in [-0.2, -0.15) is 10.4 Å². The predicted molar refractivity (Wildman–Crippen MR) is 111 cm³/mol. The van der Waals surface area contributed by atoms with Crippen LogP contribution < -0.4 is 0 Å². The van der Waals surface area contributed by atoms with Gasteiger partial charge < -0.3 is 0 Å². The number of rotatable bonds is 4. The van der Waals surface area contributed by atoms with Gasteiger partial charge >= 0.3 is 0 Å². The summed E-state index contributed by atoms with van der Waals surface area (Å²) in [6, 6.07) is 24.3. The summed E-state index contributed by atoms with van der Waals surface area (Å²) >= 11 is 0. The fraction of sp³-hybridized carbons (Fsp3) is 0.130. The van der Waals surface area contributed by atoms with Crippen LogP contribution in [-0.4, -0.2) is 20.5 Å². The Kier molecular flexibility index (Phi) is 4.46. The standard InChI is InChI=1S/C23H19N5/c1-23(2,16-24)28-22-19(15-26-28)20(13-14-25-22)27-21(17-9-5-3-6-10-17)18-11-7-4-8-12-18/h3-15H,1-2H3. The van der Waals surface area contributed by atoms with Crippen molar-refractivity contribution in [2.24, 2.45) is 4.99 Å². The third-order valence-corrected chi connectivity index (χ3v) is 4.58. The van der Waals surface area contributed by atoms with E-state index in [9.17, 15) is 5.26 Å². The van der Waals surface area contributed by atoms with Crippen molar-refractivity contribution >= 4 is 22.4 Å². The molecule has 0 bridgehead atoms. The summed E-state index contributed by atoms with van der Waals surface area (Å²) in [5.74, 6) is 0. The van der Waals surface area contributed by atoms with E-state index < -0.39 is 5.54 Å². The maximum absolute atomic E-state index is 9.47. The monoisotopic (exact) mass is 365 g/mol. The van der Waals surface area contributed by atoms with Gasteiger partial charge in [-0.1, -0.05) is 60.7 Å². The molecule has 2 aromatic heterocycles. The maximum Gasteiger partial charge on any atom is 0.161 e. The van der Waals surface area contributed by atoms with E-state index in [2.05, 4.69) is 16.2 Å². The smallest absolute Gasteiger partial charge is 0.161 e. The van der Waals surface area contributed by atoms with E-state index >= 15 is 0 Å². The second-order valence-electron chi connectivity index (χ2n) is 6.99. The molecule has 5 heteroatoms. The van der Waals surface area contributed by atoms with Crippen LogP contribution in [0.1, 0.15) is 25.0 Å². The number of aliphatic imine (C=N–C) groups is 1. The van der Waals surface area contributed by atoms with E-state index in [-0.39, 0.29) is 0 Å². The lowest BCUT2D eigenvalue weighted by Gasteiger charge is -2.16. The van der Waals surface area contributed by atoms with Crippen molar-refractivity contribution in [3.8, 4) is 6.07 Å². The molecular formula is C23H19N5. The molecule has 0 atom stereocenters. The molecule has 0 unspecified atom stereocenters. The normalized spacial score (nSPS) is 11.2. The first kappa shape index (κ1) is 17.6. The van der Waals surface area contributed by atoms with E-state index in [1.807, 2.05) is 80.6 Å². The van der Waals surface area contributed by atoms with Gasteiger partial charge in [0.25, 0.3) is 0 Å². The van der Waals surface area contributed by atoms with Crippen LogP contribution in [0, 0.1) is 11.3 Å². The summed E-state index contributed by atoms with van der Waals surface area (Å²) in [6.07, 6.45) is 3.44. The highest BCUT2D eigenvalue weighted by Crippen LogP contribution is 2.29. The second-order valence-corrected chi connectivity index (χ2v) is 6.99. The zero-order chi connectivity index (χ0) is 19.6. The van der Waals surface area contributed by atoms with E-state index in [0.29, 0.717) is 5.65 Å². The zero-order valence-corrected chi connectivity index (χ0v) is 15.7. The molecule has 0 aliphatic heterocycles. The number of hydrogen-bond acceptors (Lipinski definition) is 4. The fourth-order valence-corrected chi connectivity index (χ4v) is 3.08.